The highest BCUT2D eigenvalue weighted by atomic mass is 16.3. The van der Waals surface area contributed by atoms with Crippen LogP contribution in [0.5, 0.6) is 0 Å². The van der Waals surface area contributed by atoms with Crippen LogP contribution in [0.3, 0.4) is 0 Å². The van der Waals surface area contributed by atoms with Crippen LogP contribution in [0.15, 0.2) is 28.7 Å². The molecule has 1 aliphatic heterocycles. The molecule has 0 bridgehead atoms. The van der Waals surface area contributed by atoms with Gasteiger partial charge in [-0.15, -0.1) is 0 Å². The number of rotatable bonds is 6. The number of urea groups is 1. The Morgan fingerprint density at radius 1 is 1.23 bits per heavy atom. The summed E-state index contributed by atoms with van der Waals surface area (Å²) in [7, 11) is 0. The Kier molecular flexibility index (Phi) is 6.31. The molecule has 1 aliphatic rings. The van der Waals surface area contributed by atoms with Gasteiger partial charge in [-0.05, 0) is 64.8 Å². The van der Waals surface area contributed by atoms with Crippen molar-refractivity contribution in [1.29, 1.82) is 0 Å². The average molecular weight is 424 g/mol. The third kappa shape index (κ3) is 5.29. The molecule has 1 saturated heterocycles. The van der Waals surface area contributed by atoms with Gasteiger partial charge in [0.05, 0.1) is 5.69 Å². The van der Waals surface area contributed by atoms with Crippen LogP contribution < -0.4 is 16.0 Å². The molecule has 0 aromatic carbocycles. The predicted molar refractivity (Wildman–Crippen MR) is 118 cm³/mol. The molecule has 1 unspecified atom stereocenters. The van der Waals surface area contributed by atoms with Crippen molar-refractivity contribution >= 4 is 11.8 Å². The molecule has 0 radical (unpaired) electrons. The predicted octanol–water partition coefficient (Wildman–Crippen LogP) is 3.50. The monoisotopic (exact) mass is 423 g/mol. The maximum absolute atomic E-state index is 12.5. The first-order chi connectivity index (χ1) is 15.0. The van der Waals surface area contributed by atoms with E-state index in [0.717, 1.165) is 36.5 Å². The van der Waals surface area contributed by atoms with Gasteiger partial charge in [-0.1, -0.05) is 6.42 Å². The second-order valence-corrected chi connectivity index (χ2v) is 8.00. The van der Waals surface area contributed by atoms with E-state index >= 15 is 0 Å². The fraction of sp³-hybridized carbons (Fsp3) is 0.455. The lowest BCUT2D eigenvalue weighted by molar-refractivity contribution is 0.251. The zero-order chi connectivity index (χ0) is 21.8. The Morgan fingerprint density at radius 2 is 2.10 bits per heavy atom. The lowest BCUT2D eigenvalue weighted by Crippen LogP contribution is -2.38. The second kappa shape index (κ2) is 9.30. The van der Waals surface area contributed by atoms with Gasteiger partial charge in [-0.3, -0.25) is 5.32 Å². The number of piperidine rings is 1. The fourth-order valence-corrected chi connectivity index (χ4v) is 3.82. The van der Waals surface area contributed by atoms with Crippen molar-refractivity contribution in [3.8, 4) is 17.4 Å². The summed E-state index contributed by atoms with van der Waals surface area (Å²) in [6.45, 7) is 7.40. The molecule has 31 heavy (non-hydrogen) atoms. The number of hydrogen-bond donors (Lipinski definition) is 3. The lowest BCUT2D eigenvalue weighted by atomic mass is 10.0. The third-order valence-corrected chi connectivity index (χ3v) is 5.33. The van der Waals surface area contributed by atoms with Crippen molar-refractivity contribution in [3.05, 3.63) is 41.4 Å². The Labute approximate surface area is 181 Å². The summed E-state index contributed by atoms with van der Waals surface area (Å²) in [5.41, 5.74) is 1.82. The first-order valence-electron chi connectivity index (χ1n) is 10.8. The second-order valence-electron chi connectivity index (χ2n) is 8.00. The Morgan fingerprint density at radius 3 is 2.77 bits per heavy atom. The van der Waals surface area contributed by atoms with Crippen LogP contribution in [0, 0.1) is 20.8 Å². The van der Waals surface area contributed by atoms with Crippen LogP contribution in [-0.4, -0.2) is 44.9 Å². The minimum Gasteiger partial charge on any atom is -0.458 e. The van der Waals surface area contributed by atoms with Crippen LogP contribution in [-0.2, 0) is 0 Å². The van der Waals surface area contributed by atoms with E-state index in [1.165, 1.54) is 12.8 Å². The molecule has 9 nitrogen and oxygen atoms in total. The molecule has 164 valence electrons. The van der Waals surface area contributed by atoms with Gasteiger partial charge in [0.1, 0.15) is 11.6 Å². The first-order valence-corrected chi connectivity index (χ1v) is 10.8. The highest BCUT2D eigenvalue weighted by Gasteiger charge is 2.16. The minimum absolute atomic E-state index is 0.296. The zero-order valence-electron chi connectivity index (χ0n) is 18.2. The Bertz CT molecular complexity index is 1050. The van der Waals surface area contributed by atoms with E-state index in [1.54, 1.807) is 10.7 Å². The summed E-state index contributed by atoms with van der Waals surface area (Å²) in [6, 6.07) is 7.53. The lowest BCUT2D eigenvalue weighted by Gasteiger charge is -2.23. The standard InChI is InChI=1S/C22H29N7O2/c1-14-12-15(2)29(28-14)20-13-19(25-21(27-20)18-8-7-16(3)31-18)26-22(30)24-11-9-17-6-4-5-10-23-17/h7-8,12-13,17,23H,4-6,9-11H2,1-3H3,(H2,24,25,26,27,30). The molecule has 2 amide bonds. The number of anilines is 1. The average Bonchev–Trinajstić information content (AvgIpc) is 3.33. The summed E-state index contributed by atoms with van der Waals surface area (Å²) in [6.07, 6.45) is 4.54. The van der Waals surface area contributed by atoms with Gasteiger partial charge in [-0.25, -0.2) is 19.4 Å². The van der Waals surface area contributed by atoms with E-state index in [0.29, 0.717) is 35.8 Å². The van der Waals surface area contributed by atoms with E-state index in [1.807, 2.05) is 39.0 Å². The summed E-state index contributed by atoms with van der Waals surface area (Å²) < 4.78 is 7.43. The number of nitrogens with zero attached hydrogens (tertiary/aromatic N) is 4. The fourth-order valence-electron chi connectivity index (χ4n) is 3.82. The highest BCUT2D eigenvalue weighted by molar-refractivity contribution is 5.88. The molecule has 3 N–H and O–H groups in total. The normalized spacial score (nSPS) is 16.3. The largest absolute Gasteiger partial charge is 0.458 e. The van der Waals surface area contributed by atoms with E-state index in [4.69, 9.17) is 4.42 Å². The van der Waals surface area contributed by atoms with Crippen molar-refractivity contribution in [2.75, 3.05) is 18.4 Å². The number of carbonyl (C=O) groups is 1. The Hall–Kier alpha value is -3.20. The molecular weight excluding hydrogens is 394 g/mol. The number of nitrogens with one attached hydrogen (secondary N) is 3. The van der Waals surface area contributed by atoms with Crippen LogP contribution in [0.4, 0.5) is 10.6 Å². The zero-order valence-corrected chi connectivity index (χ0v) is 18.2. The van der Waals surface area contributed by atoms with Crippen molar-refractivity contribution in [2.24, 2.45) is 0 Å². The van der Waals surface area contributed by atoms with Crippen LogP contribution in [0.1, 0.15) is 42.8 Å². The van der Waals surface area contributed by atoms with Gasteiger partial charge in [0.2, 0.25) is 0 Å². The maximum atomic E-state index is 12.5. The topological polar surface area (TPSA) is 110 Å². The molecular formula is C22H29N7O2. The first kappa shape index (κ1) is 21.0. The van der Waals surface area contributed by atoms with Crippen molar-refractivity contribution < 1.29 is 9.21 Å². The third-order valence-electron chi connectivity index (χ3n) is 5.33. The summed E-state index contributed by atoms with van der Waals surface area (Å²) in [5, 5.41) is 13.7. The molecule has 3 aromatic heterocycles. The number of furan rings is 1. The van der Waals surface area contributed by atoms with Gasteiger partial charge < -0.3 is 15.1 Å². The molecule has 0 saturated carbocycles. The quantitative estimate of drug-likeness (QED) is 0.560. The highest BCUT2D eigenvalue weighted by Crippen LogP contribution is 2.22. The van der Waals surface area contributed by atoms with E-state index < -0.39 is 0 Å². The molecule has 3 aromatic rings. The molecule has 1 atom stereocenters. The van der Waals surface area contributed by atoms with E-state index in [-0.39, 0.29) is 6.03 Å². The SMILES string of the molecule is Cc1cc(C)n(-c2cc(NC(=O)NCCC3CCCCN3)nc(-c3ccc(C)o3)n2)n1. The Balaban J connectivity index is 1.51. The number of carbonyl (C=O) groups excluding carboxylic acids is 1. The number of aromatic nitrogens is 4. The van der Waals surface area contributed by atoms with Gasteiger partial charge in [-0.2, -0.15) is 5.10 Å². The van der Waals surface area contributed by atoms with Gasteiger partial charge >= 0.3 is 6.03 Å². The summed E-state index contributed by atoms with van der Waals surface area (Å²) in [4.78, 5) is 21.6. The smallest absolute Gasteiger partial charge is 0.320 e. The number of hydrogen-bond acceptors (Lipinski definition) is 6. The van der Waals surface area contributed by atoms with Crippen LogP contribution in [0.2, 0.25) is 0 Å². The van der Waals surface area contributed by atoms with E-state index in [2.05, 4.69) is 31.0 Å². The maximum Gasteiger partial charge on any atom is 0.320 e. The van der Waals surface area contributed by atoms with Crippen molar-refractivity contribution in [2.45, 2.75) is 52.5 Å². The van der Waals surface area contributed by atoms with Crippen molar-refractivity contribution in [3.63, 3.8) is 0 Å². The minimum atomic E-state index is -0.296. The van der Waals surface area contributed by atoms with Gasteiger partial charge in [0, 0.05) is 24.3 Å². The van der Waals surface area contributed by atoms with E-state index in [9.17, 15) is 4.79 Å². The van der Waals surface area contributed by atoms with Crippen LogP contribution >= 0.6 is 0 Å². The van der Waals surface area contributed by atoms with Crippen LogP contribution in [0.25, 0.3) is 17.4 Å². The number of aryl methyl sites for hydroxylation is 3. The molecule has 0 aliphatic carbocycles. The molecule has 0 spiro atoms. The van der Waals surface area contributed by atoms with Gasteiger partial charge in [0.15, 0.2) is 17.4 Å². The molecule has 1 fully saturated rings. The summed E-state index contributed by atoms with van der Waals surface area (Å²) in [5.74, 6) is 2.63. The molecule has 4 heterocycles. The van der Waals surface area contributed by atoms with Gasteiger partial charge in [0.25, 0.3) is 0 Å². The molecule has 9 heteroatoms. The molecule has 4 rings (SSSR count). The number of amides is 2. The summed E-state index contributed by atoms with van der Waals surface area (Å²) >= 11 is 0. The van der Waals surface area contributed by atoms with Crippen molar-refractivity contribution in [1.82, 2.24) is 30.4 Å².